The molecule has 0 bridgehead atoms. The lowest BCUT2D eigenvalue weighted by molar-refractivity contribution is -0.678. The number of carbonyl (C=O) groups is 1. The van der Waals surface area contributed by atoms with E-state index in [9.17, 15) is 4.79 Å². The zero-order valence-electron chi connectivity index (χ0n) is 9.36. The van der Waals surface area contributed by atoms with Crippen molar-refractivity contribution in [2.45, 2.75) is 31.7 Å². The third-order valence-corrected chi connectivity index (χ3v) is 3.23. The van der Waals surface area contributed by atoms with Crippen LogP contribution in [0.3, 0.4) is 0 Å². The molecule has 1 aromatic rings. The van der Waals surface area contributed by atoms with Gasteiger partial charge in [-0.25, -0.2) is 4.79 Å². The molecule has 1 unspecified atom stereocenters. The van der Waals surface area contributed by atoms with Crippen LogP contribution in [0.2, 0.25) is 0 Å². The van der Waals surface area contributed by atoms with Crippen LogP contribution in [0.1, 0.15) is 24.0 Å². The van der Waals surface area contributed by atoms with E-state index in [1.54, 1.807) is 0 Å². The molecule has 1 aliphatic rings. The van der Waals surface area contributed by atoms with E-state index in [2.05, 4.69) is 12.1 Å². The number of carboxylic acid groups (broad SMARTS) is 1. The molecule has 86 valence electrons. The number of hydrogen-bond acceptors (Lipinski definition) is 1. The minimum atomic E-state index is -0.697. The molecular formula is C13H18NO2+. The lowest BCUT2D eigenvalue weighted by Gasteiger charge is -2.11. The van der Waals surface area contributed by atoms with Crippen molar-refractivity contribution in [1.82, 2.24) is 0 Å². The number of nitrogens with two attached hydrogens (primary N) is 1. The zero-order chi connectivity index (χ0) is 11.4. The van der Waals surface area contributed by atoms with Gasteiger partial charge in [0.2, 0.25) is 0 Å². The minimum absolute atomic E-state index is 0.320. The Bertz CT molecular complexity index is 376. The second-order valence-corrected chi connectivity index (χ2v) is 4.40. The predicted octanol–water partition coefficient (Wildman–Crippen LogP) is 0.582. The molecule has 0 fully saturated rings. The fourth-order valence-electron chi connectivity index (χ4n) is 2.29. The summed E-state index contributed by atoms with van der Waals surface area (Å²) in [4.78, 5) is 11.1. The van der Waals surface area contributed by atoms with Crippen LogP contribution >= 0.6 is 0 Å². The smallest absolute Gasteiger partial charge is 0.362 e. The van der Waals surface area contributed by atoms with Crippen LogP contribution in [0.15, 0.2) is 24.3 Å². The molecule has 0 spiro atoms. The number of quaternary nitrogens is 1. The van der Waals surface area contributed by atoms with Gasteiger partial charge in [-0.15, -0.1) is 0 Å². The van der Waals surface area contributed by atoms with Gasteiger partial charge >= 0.3 is 5.97 Å². The fraction of sp³-hybridized carbons (Fsp3) is 0.462. The number of fused-ring (bicyclic) bond motifs is 1. The highest BCUT2D eigenvalue weighted by Crippen LogP contribution is 2.14. The van der Waals surface area contributed by atoms with Gasteiger partial charge < -0.3 is 10.4 Å². The number of hydrogen-bond donors (Lipinski definition) is 2. The average molecular weight is 220 g/mol. The monoisotopic (exact) mass is 220 g/mol. The topological polar surface area (TPSA) is 53.9 Å². The van der Waals surface area contributed by atoms with Gasteiger partial charge in [0.05, 0.1) is 6.54 Å². The summed E-state index contributed by atoms with van der Waals surface area (Å²) in [5.41, 5.74) is 2.53. The van der Waals surface area contributed by atoms with Gasteiger partial charge in [-0.2, -0.15) is 0 Å². The number of rotatable bonds is 1. The maximum Gasteiger partial charge on any atom is 0.362 e. The van der Waals surface area contributed by atoms with Crippen molar-refractivity contribution in [3.8, 4) is 0 Å². The Labute approximate surface area is 95.5 Å². The Morgan fingerprint density at radius 2 is 2.00 bits per heavy atom. The van der Waals surface area contributed by atoms with Crippen LogP contribution in [-0.2, 0) is 17.6 Å². The lowest BCUT2D eigenvalue weighted by atomic mass is 9.98. The van der Waals surface area contributed by atoms with Crippen molar-refractivity contribution < 1.29 is 15.2 Å². The maximum absolute atomic E-state index is 11.1. The largest absolute Gasteiger partial charge is 0.477 e. The summed E-state index contributed by atoms with van der Waals surface area (Å²) in [5, 5.41) is 11.1. The first-order valence-electron chi connectivity index (χ1n) is 5.90. The Morgan fingerprint density at radius 1 is 1.25 bits per heavy atom. The number of carboxylic acids is 1. The second kappa shape index (κ2) is 5.12. The Balaban J connectivity index is 2.24. The number of aliphatic carboxylic acids is 1. The summed E-state index contributed by atoms with van der Waals surface area (Å²) >= 11 is 0. The van der Waals surface area contributed by atoms with Crippen molar-refractivity contribution in [2.24, 2.45) is 0 Å². The molecule has 1 heterocycles. The molecule has 3 heteroatoms. The van der Waals surface area contributed by atoms with Crippen molar-refractivity contribution in [2.75, 3.05) is 6.54 Å². The van der Waals surface area contributed by atoms with Crippen LogP contribution < -0.4 is 5.32 Å². The van der Waals surface area contributed by atoms with Crippen molar-refractivity contribution >= 4 is 5.97 Å². The minimum Gasteiger partial charge on any atom is -0.477 e. The summed E-state index contributed by atoms with van der Waals surface area (Å²) in [6, 6.07) is 7.90. The number of benzene rings is 1. The van der Waals surface area contributed by atoms with E-state index in [1.807, 2.05) is 17.4 Å². The molecule has 1 atom stereocenters. The van der Waals surface area contributed by atoms with Gasteiger partial charge in [-0.1, -0.05) is 24.3 Å². The third-order valence-electron chi connectivity index (χ3n) is 3.23. The molecule has 0 aromatic heterocycles. The molecule has 16 heavy (non-hydrogen) atoms. The van der Waals surface area contributed by atoms with E-state index in [-0.39, 0.29) is 6.04 Å². The Kier molecular flexibility index (Phi) is 3.57. The standard InChI is InChI=1S/C13H17NO2/c15-13(16)12-9-11-7-2-1-5-10(11)6-3-4-8-14-12/h1-2,5,7,12,14H,3-4,6,8-9H2,(H,15,16)/p+1. The van der Waals surface area contributed by atoms with E-state index in [0.29, 0.717) is 6.42 Å². The van der Waals surface area contributed by atoms with E-state index in [1.165, 1.54) is 11.1 Å². The molecule has 0 aliphatic carbocycles. The van der Waals surface area contributed by atoms with Crippen molar-refractivity contribution in [3.05, 3.63) is 35.4 Å². The first kappa shape index (κ1) is 11.1. The molecule has 3 N–H and O–H groups in total. The van der Waals surface area contributed by atoms with E-state index in [4.69, 9.17) is 5.11 Å². The van der Waals surface area contributed by atoms with Gasteiger partial charge in [0, 0.05) is 6.42 Å². The Morgan fingerprint density at radius 3 is 2.75 bits per heavy atom. The van der Waals surface area contributed by atoms with Crippen molar-refractivity contribution in [3.63, 3.8) is 0 Å². The van der Waals surface area contributed by atoms with Crippen molar-refractivity contribution in [1.29, 1.82) is 0 Å². The van der Waals surface area contributed by atoms with E-state index in [0.717, 1.165) is 25.8 Å². The van der Waals surface area contributed by atoms with Gasteiger partial charge in [0.15, 0.2) is 6.04 Å². The van der Waals surface area contributed by atoms with Crippen LogP contribution in [0, 0.1) is 0 Å². The number of aryl methyl sites for hydroxylation is 1. The highest BCUT2D eigenvalue weighted by Gasteiger charge is 2.23. The fourth-order valence-corrected chi connectivity index (χ4v) is 2.29. The predicted molar refractivity (Wildman–Crippen MR) is 61.3 cm³/mol. The first-order valence-corrected chi connectivity index (χ1v) is 5.90. The molecule has 0 radical (unpaired) electrons. The molecule has 0 saturated carbocycles. The molecule has 0 saturated heterocycles. The molecule has 3 nitrogen and oxygen atoms in total. The van der Waals surface area contributed by atoms with Crippen LogP contribution in [-0.4, -0.2) is 23.7 Å². The van der Waals surface area contributed by atoms with Crippen LogP contribution in [0.5, 0.6) is 0 Å². The molecule has 0 amide bonds. The summed E-state index contributed by atoms with van der Waals surface area (Å²) in [7, 11) is 0. The maximum atomic E-state index is 11.1. The summed E-state index contributed by atoms with van der Waals surface area (Å²) < 4.78 is 0. The van der Waals surface area contributed by atoms with Crippen LogP contribution in [0.25, 0.3) is 0 Å². The SMILES string of the molecule is O=C(O)C1Cc2ccccc2CCCC[NH2+]1. The molecule has 1 aliphatic heterocycles. The third kappa shape index (κ3) is 2.61. The summed E-state index contributed by atoms with van der Waals surface area (Å²) in [5.74, 6) is -0.697. The van der Waals surface area contributed by atoms with Gasteiger partial charge in [-0.05, 0) is 30.4 Å². The lowest BCUT2D eigenvalue weighted by Crippen LogP contribution is -2.92. The van der Waals surface area contributed by atoms with E-state index < -0.39 is 5.97 Å². The Hall–Kier alpha value is -1.35. The molecular weight excluding hydrogens is 202 g/mol. The first-order chi connectivity index (χ1) is 7.77. The van der Waals surface area contributed by atoms with Gasteiger partial charge in [0.1, 0.15) is 0 Å². The summed E-state index contributed by atoms with van der Waals surface area (Å²) in [6.07, 6.45) is 3.97. The molecule has 2 rings (SSSR count). The van der Waals surface area contributed by atoms with Crippen LogP contribution in [0.4, 0.5) is 0 Å². The molecule has 1 aromatic carbocycles. The highest BCUT2D eigenvalue weighted by molar-refractivity contribution is 5.72. The second-order valence-electron chi connectivity index (χ2n) is 4.40. The summed E-state index contributed by atoms with van der Waals surface area (Å²) in [6.45, 7) is 0.922. The van der Waals surface area contributed by atoms with E-state index >= 15 is 0 Å². The van der Waals surface area contributed by atoms with Gasteiger partial charge in [0.25, 0.3) is 0 Å². The normalized spacial score (nSPS) is 21.4. The highest BCUT2D eigenvalue weighted by atomic mass is 16.4. The zero-order valence-corrected chi connectivity index (χ0v) is 9.36. The average Bonchev–Trinajstić information content (AvgIpc) is 2.38. The quantitative estimate of drug-likeness (QED) is 0.727. The van der Waals surface area contributed by atoms with Gasteiger partial charge in [-0.3, -0.25) is 0 Å².